The van der Waals surface area contributed by atoms with Crippen molar-refractivity contribution in [2.24, 2.45) is 0 Å². The number of aromatic nitrogens is 1. The third-order valence-corrected chi connectivity index (χ3v) is 5.55. The normalized spacial score (nSPS) is 12.0. The van der Waals surface area contributed by atoms with Crippen LogP contribution in [0.15, 0.2) is 42.5 Å². The van der Waals surface area contributed by atoms with Crippen molar-refractivity contribution >= 4 is 32.6 Å². The summed E-state index contributed by atoms with van der Waals surface area (Å²) in [5.41, 5.74) is 0.962. The summed E-state index contributed by atoms with van der Waals surface area (Å²) in [5.74, 6) is -0.480. The van der Waals surface area contributed by atoms with Crippen LogP contribution < -0.4 is 4.90 Å². The van der Waals surface area contributed by atoms with E-state index in [2.05, 4.69) is 4.98 Å². The van der Waals surface area contributed by atoms with E-state index in [1.807, 2.05) is 44.1 Å². The lowest BCUT2D eigenvalue weighted by molar-refractivity contribution is -0.137. The molecule has 0 aliphatic heterocycles. The molecule has 1 amide bonds. The van der Waals surface area contributed by atoms with Crippen LogP contribution in [0.4, 0.5) is 18.3 Å². The molecule has 8 heteroatoms. The molecular weight excluding hydrogens is 399 g/mol. The van der Waals surface area contributed by atoms with Crippen LogP contribution in [-0.2, 0) is 6.18 Å². The molecule has 29 heavy (non-hydrogen) atoms. The molecule has 0 bridgehead atoms. The Kier molecular flexibility index (Phi) is 6.24. The third kappa shape index (κ3) is 4.94. The number of amides is 1. The van der Waals surface area contributed by atoms with E-state index in [0.717, 1.165) is 34.5 Å². The van der Waals surface area contributed by atoms with Crippen molar-refractivity contribution in [3.63, 3.8) is 0 Å². The summed E-state index contributed by atoms with van der Waals surface area (Å²) in [5, 5.41) is 0.496. The molecule has 0 N–H and O–H groups in total. The maximum absolute atomic E-state index is 13.2. The summed E-state index contributed by atoms with van der Waals surface area (Å²) < 4.78 is 40.2. The zero-order valence-corrected chi connectivity index (χ0v) is 17.3. The van der Waals surface area contributed by atoms with Crippen molar-refractivity contribution in [3.05, 3.63) is 59.2 Å². The molecule has 3 aromatic rings. The zero-order chi connectivity index (χ0) is 21.2. The second kappa shape index (κ2) is 8.51. The molecule has 154 valence electrons. The zero-order valence-electron chi connectivity index (χ0n) is 16.5. The first kappa shape index (κ1) is 21.3. The van der Waals surface area contributed by atoms with Crippen LogP contribution in [0, 0.1) is 6.92 Å². The highest BCUT2D eigenvalue weighted by Crippen LogP contribution is 2.33. The van der Waals surface area contributed by atoms with Crippen LogP contribution in [-0.4, -0.2) is 43.0 Å². The van der Waals surface area contributed by atoms with E-state index in [4.69, 9.17) is 0 Å². The molecule has 0 radical (unpaired) electrons. The summed E-state index contributed by atoms with van der Waals surface area (Å²) in [6.45, 7) is 3.05. The summed E-state index contributed by atoms with van der Waals surface area (Å²) in [6.07, 6.45) is -3.83. The molecule has 4 nitrogen and oxygen atoms in total. The maximum atomic E-state index is 13.2. The molecule has 0 aliphatic carbocycles. The van der Waals surface area contributed by atoms with Gasteiger partial charge in [-0.1, -0.05) is 29.5 Å². The number of fused-ring (bicyclic) bond motifs is 1. The van der Waals surface area contributed by atoms with Crippen LogP contribution in [0.25, 0.3) is 10.2 Å². The lowest BCUT2D eigenvalue weighted by Crippen LogP contribution is -2.33. The predicted molar refractivity (Wildman–Crippen MR) is 111 cm³/mol. The van der Waals surface area contributed by atoms with Gasteiger partial charge in [-0.05, 0) is 63.8 Å². The first-order chi connectivity index (χ1) is 13.7. The second-order valence-corrected chi connectivity index (χ2v) is 8.12. The van der Waals surface area contributed by atoms with Gasteiger partial charge in [0.15, 0.2) is 5.13 Å². The SMILES string of the molecule is Cc1cccc2sc(N(CCCN(C)C)C(=O)c3cccc(C(F)(F)F)c3)nc12. The van der Waals surface area contributed by atoms with Gasteiger partial charge in [0.2, 0.25) is 0 Å². The number of alkyl halides is 3. The number of para-hydroxylation sites is 1. The van der Waals surface area contributed by atoms with E-state index < -0.39 is 17.6 Å². The first-order valence-corrected chi connectivity index (χ1v) is 9.98. The first-order valence-electron chi connectivity index (χ1n) is 9.17. The van der Waals surface area contributed by atoms with Crippen molar-refractivity contribution < 1.29 is 18.0 Å². The van der Waals surface area contributed by atoms with Crippen LogP contribution in [0.5, 0.6) is 0 Å². The minimum Gasteiger partial charge on any atom is -0.309 e. The van der Waals surface area contributed by atoms with Gasteiger partial charge in [0.1, 0.15) is 0 Å². The van der Waals surface area contributed by atoms with Gasteiger partial charge in [-0.3, -0.25) is 9.69 Å². The van der Waals surface area contributed by atoms with E-state index in [0.29, 0.717) is 18.1 Å². The number of hydrogen-bond donors (Lipinski definition) is 0. The van der Waals surface area contributed by atoms with Gasteiger partial charge in [-0.25, -0.2) is 4.98 Å². The quantitative estimate of drug-likeness (QED) is 0.547. The minimum atomic E-state index is -4.50. The fourth-order valence-electron chi connectivity index (χ4n) is 3.00. The number of carbonyl (C=O) groups excluding carboxylic acids is 1. The standard InChI is InChI=1S/C21H22F3N3OS/c1-14-7-4-10-17-18(14)25-20(29-17)27(12-6-11-26(2)3)19(28)15-8-5-9-16(13-15)21(22,23)24/h4-5,7-10,13H,6,11-12H2,1-3H3. The van der Waals surface area contributed by atoms with Gasteiger partial charge >= 0.3 is 6.18 Å². The Morgan fingerprint density at radius 3 is 2.48 bits per heavy atom. The molecule has 0 atom stereocenters. The Balaban J connectivity index is 1.98. The molecule has 1 heterocycles. The van der Waals surface area contributed by atoms with Gasteiger partial charge in [0.25, 0.3) is 5.91 Å². The smallest absolute Gasteiger partial charge is 0.309 e. The van der Waals surface area contributed by atoms with Crippen LogP contribution >= 0.6 is 11.3 Å². The van der Waals surface area contributed by atoms with Crippen molar-refractivity contribution in [1.82, 2.24) is 9.88 Å². The summed E-state index contributed by atoms with van der Waals surface area (Å²) in [7, 11) is 3.86. The number of carbonyl (C=O) groups is 1. The van der Waals surface area contributed by atoms with E-state index >= 15 is 0 Å². The largest absolute Gasteiger partial charge is 0.416 e. The van der Waals surface area contributed by atoms with Gasteiger partial charge in [0.05, 0.1) is 15.8 Å². The topological polar surface area (TPSA) is 36.4 Å². The molecule has 0 unspecified atom stereocenters. The molecule has 2 aromatic carbocycles. The highest BCUT2D eigenvalue weighted by atomic mass is 32.1. The van der Waals surface area contributed by atoms with Gasteiger partial charge < -0.3 is 4.90 Å². The number of nitrogens with zero attached hydrogens (tertiary/aromatic N) is 3. The highest BCUT2D eigenvalue weighted by molar-refractivity contribution is 7.22. The summed E-state index contributed by atoms with van der Waals surface area (Å²) in [6, 6.07) is 10.3. The lowest BCUT2D eigenvalue weighted by atomic mass is 10.1. The molecule has 0 saturated carbocycles. The molecule has 3 rings (SSSR count). The number of aryl methyl sites for hydroxylation is 1. The van der Waals surface area contributed by atoms with Crippen molar-refractivity contribution in [2.45, 2.75) is 19.5 Å². The van der Waals surface area contributed by atoms with Crippen molar-refractivity contribution in [2.75, 3.05) is 32.1 Å². The number of benzene rings is 2. The molecule has 0 aliphatic rings. The summed E-state index contributed by atoms with van der Waals surface area (Å²) >= 11 is 1.37. The van der Waals surface area contributed by atoms with Gasteiger partial charge in [-0.2, -0.15) is 13.2 Å². The number of thiazole rings is 1. The maximum Gasteiger partial charge on any atom is 0.416 e. The van der Waals surface area contributed by atoms with Crippen LogP contribution in [0.1, 0.15) is 27.9 Å². The van der Waals surface area contributed by atoms with E-state index in [1.165, 1.54) is 28.4 Å². The number of rotatable bonds is 6. The number of anilines is 1. The molecule has 1 aromatic heterocycles. The Labute approximate surface area is 171 Å². The molecule has 0 fully saturated rings. The second-order valence-electron chi connectivity index (χ2n) is 7.11. The number of hydrogen-bond acceptors (Lipinski definition) is 4. The number of halogens is 3. The predicted octanol–water partition coefficient (Wildman–Crippen LogP) is 5.22. The summed E-state index contributed by atoms with van der Waals surface area (Å²) in [4.78, 5) is 21.3. The van der Waals surface area contributed by atoms with E-state index in [9.17, 15) is 18.0 Å². The Hall–Kier alpha value is -2.45. The van der Waals surface area contributed by atoms with Crippen molar-refractivity contribution in [1.29, 1.82) is 0 Å². The monoisotopic (exact) mass is 421 g/mol. The minimum absolute atomic E-state index is 0.000608. The van der Waals surface area contributed by atoms with Crippen LogP contribution in [0.3, 0.4) is 0 Å². The Bertz CT molecular complexity index is 1010. The van der Waals surface area contributed by atoms with Gasteiger partial charge in [-0.15, -0.1) is 0 Å². The van der Waals surface area contributed by atoms with Gasteiger partial charge in [0, 0.05) is 12.1 Å². The lowest BCUT2D eigenvalue weighted by Gasteiger charge is -2.21. The van der Waals surface area contributed by atoms with E-state index in [-0.39, 0.29) is 5.56 Å². The molecule has 0 saturated heterocycles. The molecular formula is C21H22F3N3OS. The fourth-order valence-corrected chi connectivity index (χ4v) is 4.07. The average Bonchev–Trinajstić information content (AvgIpc) is 3.09. The van der Waals surface area contributed by atoms with E-state index in [1.54, 1.807) is 0 Å². The Morgan fingerprint density at radius 1 is 1.10 bits per heavy atom. The third-order valence-electron chi connectivity index (χ3n) is 4.51. The van der Waals surface area contributed by atoms with Crippen molar-refractivity contribution in [3.8, 4) is 0 Å². The fraction of sp³-hybridized carbons (Fsp3) is 0.333. The Morgan fingerprint density at radius 2 is 1.83 bits per heavy atom. The molecule has 0 spiro atoms. The van der Waals surface area contributed by atoms with Crippen LogP contribution in [0.2, 0.25) is 0 Å². The highest BCUT2D eigenvalue weighted by Gasteiger charge is 2.31. The average molecular weight is 421 g/mol.